The number of halogens is 4. The second-order valence-corrected chi connectivity index (χ2v) is 6.82. The maximum Gasteiger partial charge on any atom is 0.240 e. The van der Waals surface area contributed by atoms with Crippen LogP contribution in [0.2, 0.25) is 20.1 Å². The zero-order valence-electron chi connectivity index (χ0n) is 13.2. The van der Waals surface area contributed by atoms with Crippen LogP contribution in [0.1, 0.15) is 18.4 Å². The first-order valence-corrected chi connectivity index (χ1v) is 8.88. The molecule has 2 N–H and O–H groups in total. The lowest BCUT2D eigenvalue weighted by atomic mass is 10.2. The highest BCUT2D eigenvalue weighted by molar-refractivity contribution is 6.37. The van der Waals surface area contributed by atoms with Crippen molar-refractivity contribution >= 4 is 70.1 Å². The summed E-state index contributed by atoms with van der Waals surface area (Å²) in [7, 11) is 0. The summed E-state index contributed by atoms with van der Waals surface area (Å²) in [4.78, 5) is 23.6. The summed E-state index contributed by atoms with van der Waals surface area (Å²) >= 11 is 23.5. The molecule has 2 rings (SSSR count). The van der Waals surface area contributed by atoms with Gasteiger partial charge in [-0.15, -0.1) is 0 Å². The van der Waals surface area contributed by atoms with E-state index >= 15 is 0 Å². The van der Waals surface area contributed by atoms with Gasteiger partial charge >= 0.3 is 0 Å². The minimum atomic E-state index is -0.413. The zero-order valence-corrected chi connectivity index (χ0v) is 16.3. The van der Waals surface area contributed by atoms with Crippen molar-refractivity contribution in [1.82, 2.24) is 5.43 Å². The molecule has 0 spiro atoms. The largest absolute Gasteiger partial charge is 0.325 e. The highest BCUT2D eigenvalue weighted by Gasteiger charge is 2.09. The molecule has 0 bridgehead atoms. The van der Waals surface area contributed by atoms with Crippen molar-refractivity contribution in [2.24, 2.45) is 5.10 Å². The van der Waals surface area contributed by atoms with E-state index < -0.39 is 5.91 Å². The van der Waals surface area contributed by atoms with E-state index in [0.717, 1.165) is 0 Å². The number of benzene rings is 2. The second kappa shape index (κ2) is 9.78. The van der Waals surface area contributed by atoms with Gasteiger partial charge in [-0.25, -0.2) is 5.43 Å². The summed E-state index contributed by atoms with van der Waals surface area (Å²) < 4.78 is 0. The number of carbonyl (C=O) groups excluding carboxylic acids is 2. The van der Waals surface area contributed by atoms with Crippen LogP contribution in [0, 0.1) is 0 Å². The quantitative estimate of drug-likeness (QED) is 0.488. The van der Waals surface area contributed by atoms with E-state index in [1.807, 2.05) is 0 Å². The first kappa shape index (κ1) is 20.5. The van der Waals surface area contributed by atoms with Crippen LogP contribution in [0.5, 0.6) is 0 Å². The molecule has 26 heavy (non-hydrogen) atoms. The smallest absolute Gasteiger partial charge is 0.240 e. The minimum absolute atomic E-state index is 0.0258. The van der Waals surface area contributed by atoms with Gasteiger partial charge in [-0.2, -0.15) is 5.10 Å². The first-order valence-electron chi connectivity index (χ1n) is 7.37. The van der Waals surface area contributed by atoms with E-state index in [0.29, 0.717) is 31.3 Å². The number of amides is 2. The number of anilines is 1. The second-order valence-electron chi connectivity index (χ2n) is 5.13. The summed E-state index contributed by atoms with van der Waals surface area (Å²) in [6, 6.07) is 9.60. The number of nitrogens with one attached hydrogen (secondary N) is 2. The molecule has 0 unspecified atom stereocenters. The van der Waals surface area contributed by atoms with Crippen LogP contribution < -0.4 is 10.7 Å². The van der Waals surface area contributed by atoms with Crippen LogP contribution in [-0.4, -0.2) is 18.0 Å². The van der Waals surface area contributed by atoms with Crippen molar-refractivity contribution in [2.45, 2.75) is 12.8 Å². The summed E-state index contributed by atoms with van der Waals surface area (Å²) in [5.74, 6) is -0.766. The lowest BCUT2D eigenvalue weighted by Gasteiger charge is -2.07. The Bertz CT molecular complexity index is 856. The average Bonchev–Trinajstić information content (AvgIpc) is 2.57. The summed E-state index contributed by atoms with van der Waals surface area (Å²) in [6.07, 6.45) is 1.33. The molecule has 5 nitrogen and oxygen atoms in total. The Morgan fingerprint density at radius 2 is 1.50 bits per heavy atom. The predicted molar refractivity (Wildman–Crippen MR) is 107 cm³/mol. The molecule has 2 aromatic carbocycles. The van der Waals surface area contributed by atoms with E-state index in [9.17, 15) is 9.59 Å². The molecule has 0 saturated carbocycles. The van der Waals surface area contributed by atoms with Gasteiger partial charge in [0, 0.05) is 28.5 Å². The fourth-order valence-electron chi connectivity index (χ4n) is 1.87. The number of nitrogens with zero attached hydrogens (tertiary/aromatic N) is 1. The molecule has 2 amide bonds. The molecule has 0 aliphatic heterocycles. The normalized spacial score (nSPS) is 10.8. The summed E-state index contributed by atoms with van der Waals surface area (Å²) in [5, 5.41) is 8.11. The third kappa shape index (κ3) is 6.50. The van der Waals surface area contributed by atoms with E-state index in [1.165, 1.54) is 12.3 Å². The van der Waals surface area contributed by atoms with Gasteiger partial charge in [-0.1, -0.05) is 52.5 Å². The molecular formula is C17H13Cl4N3O2. The van der Waals surface area contributed by atoms with E-state index in [4.69, 9.17) is 46.4 Å². The van der Waals surface area contributed by atoms with E-state index in [-0.39, 0.29) is 18.7 Å². The number of hydrogen-bond donors (Lipinski definition) is 2. The molecule has 136 valence electrons. The van der Waals surface area contributed by atoms with E-state index in [2.05, 4.69) is 15.8 Å². The molecule has 0 radical (unpaired) electrons. The first-order chi connectivity index (χ1) is 12.3. The van der Waals surface area contributed by atoms with Gasteiger partial charge in [0.2, 0.25) is 11.8 Å². The van der Waals surface area contributed by atoms with Crippen molar-refractivity contribution in [3.05, 3.63) is 62.1 Å². The third-order valence-corrected chi connectivity index (χ3v) is 4.25. The lowest BCUT2D eigenvalue weighted by molar-refractivity contribution is -0.124. The van der Waals surface area contributed by atoms with Gasteiger partial charge < -0.3 is 5.32 Å². The van der Waals surface area contributed by atoms with Crippen molar-refractivity contribution in [1.29, 1.82) is 0 Å². The van der Waals surface area contributed by atoms with Crippen LogP contribution in [0.3, 0.4) is 0 Å². The topological polar surface area (TPSA) is 70.6 Å². The maximum atomic E-state index is 11.9. The number of hydrazone groups is 1. The average molecular weight is 433 g/mol. The molecule has 0 aromatic heterocycles. The molecular weight excluding hydrogens is 420 g/mol. The van der Waals surface area contributed by atoms with Gasteiger partial charge in [-0.3, -0.25) is 9.59 Å². The monoisotopic (exact) mass is 431 g/mol. The maximum absolute atomic E-state index is 11.9. The van der Waals surface area contributed by atoms with Crippen molar-refractivity contribution in [2.75, 3.05) is 5.32 Å². The SMILES string of the molecule is O=C(CCC(=O)Nc1ccc(Cl)cc1Cl)NN=Cc1ccc(Cl)cc1Cl. The van der Waals surface area contributed by atoms with E-state index in [1.54, 1.807) is 30.3 Å². The number of rotatable bonds is 6. The summed E-state index contributed by atoms with van der Waals surface area (Å²) in [5.41, 5.74) is 3.36. The predicted octanol–water partition coefficient (Wildman–Crippen LogP) is 5.17. The number of hydrogen-bond acceptors (Lipinski definition) is 3. The molecule has 9 heteroatoms. The molecule has 2 aromatic rings. The third-order valence-electron chi connectivity index (χ3n) is 3.14. The van der Waals surface area contributed by atoms with Gasteiger partial charge in [0.25, 0.3) is 0 Å². The highest BCUT2D eigenvalue weighted by atomic mass is 35.5. The van der Waals surface area contributed by atoms with Crippen LogP contribution in [0.15, 0.2) is 41.5 Å². The fraction of sp³-hybridized carbons (Fsp3) is 0.118. The lowest BCUT2D eigenvalue weighted by Crippen LogP contribution is -2.20. The van der Waals surface area contributed by atoms with Gasteiger partial charge in [0.1, 0.15) is 0 Å². The van der Waals surface area contributed by atoms with Crippen LogP contribution >= 0.6 is 46.4 Å². The summed E-state index contributed by atoms with van der Waals surface area (Å²) in [6.45, 7) is 0. The van der Waals surface area contributed by atoms with Crippen LogP contribution in [-0.2, 0) is 9.59 Å². The molecule has 0 fully saturated rings. The Morgan fingerprint density at radius 1 is 0.885 bits per heavy atom. The molecule has 0 aliphatic carbocycles. The zero-order chi connectivity index (χ0) is 19.1. The Kier molecular flexibility index (Phi) is 7.72. The minimum Gasteiger partial charge on any atom is -0.325 e. The molecule has 0 atom stereocenters. The van der Waals surface area contributed by atoms with Crippen molar-refractivity contribution in [3.63, 3.8) is 0 Å². The van der Waals surface area contributed by atoms with Crippen LogP contribution in [0.25, 0.3) is 0 Å². The molecule has 0 aliphatic rings. The Labute approximate surface area is 170 Å². The van der Waals surface area contributed by atoms with Gasteiger partial charge in [0.15, 0.2) is 0 Å². The van der Waals surface area contributed by atoms with Crippen molar-refractivity contribution in [3.8, 4) is 0 Å². The molecule has 0 heterocycles. The fourth-order valence-corrected chi connectivity index (χ4v) is 2.78. The standard InChI is InChI=1S/C17H13Cl4N3O2/c18-11-2-1-10(13(20)7-11)9-22-24-17(26)6-5-16(25)23-15-4-3-12(19)8-14(15)21/h1-4,7-9H,5-6H2,(H,23,25)(H,24,26). The Balaban J connectivity index is 1.79. The van der Waals surface area contributed by atoms with Crippen molar-refractivity contribution < 1.29 is 9.59 Å². The highest BCUT2D eigenvalue weighted by Crippen LogP contribution is 2.25. The Morgan fingerprint density at radius 3 is 2.15 bits per heavy atom. The Hall–Kier alpha value is -1.79. The van der Waals surface area contributed by atoms with Gasteiger partial charge in [-0.05, 0) is 30.3 Å². The van der Waals surface area contributed by atoms with Gasteiger partial charge in [0.05, 0.1) is 21.9 Å². The molecule has 0 saturated heterocycles. The van der Waals surface area contributed by atoms with Crippen LogP contribution in [0.4, 0.5) is 5.69 Å². The number of carbonyl (C=O) groups is 2.